The van der Waals surface area contributed by atoms with Crippen LogP contribution in [0.25, 0.3) is 11.0 Å². The molecule has 3 N–H and O–H groups in total. The van der Waals surface area contributed by atoms with Crippen LogP contribution >= 0.6 is 0 Å². The van der Waals surface area contributed by atoms with Crippen molar-refractivity contribution in [3.8, 4) is 11.8 Å². The lowest BCUT2D eigenvalue weighted by atomic mass is 10.1. The molecule has 3 heterocycles. The van der Waals surface area contributed by atoms with Gasteiger partial charge in [-0.15, -0.1) is 0 Å². The number of aromatic nitrogens is 3. The van der Waals surface area contributed by atoms with Crippen LogP contribution in [0.4, 0.5) is 10.2 Å². The number of nitrogens with two attached hydrogens (primary N) is 1. The van der Waals surface area contributed by atoms with Crippen LogP contribution in [0.5, 0.6) is 0 Å². The molecular weight excluding hydrogens is 447 g/mol. The van der Waals surface area contributed by atoms with Gasteiger partial charge in [-0.1, -0.05) is 30.7 Å². The van der Waals surface area contributed by atoms with Gasteiger partial charge in [0.1, 0.15) is 29.3 Å². The fourth-order valence-electron chi connectivity index (χ4n) is 4.76. The number of halogens is 1. The van der Waals surface area contributed by atoms with Gasteiger partial charge in [0.25, 0.3) is 5.91 Å². The van der Waals surface area contributed by atoms with E-state index in [1.165, 1.54) is 18.5 Å². The minimum Gasteiger partial charge on any atom is -0.383 e. The fourth-order valence-corrected chi connectivity index (χ4v) is 4.76. The van der Waals surface area contributed by atoms with E-state index in [0.29, 0.717) is 35.3 Å². The minimum atomic E-state index is -0.609. The first-order chi connectivity index (χ1) is 16.8. The van der Waals surface area contributed by atoms with Crippen LogP contribution in [-0.4, -0.2) is 43.8 Å². The number of anilines is 1. The first kappa shape index (κ1) is 24.0. The zero-order valence-electron chi connectivity index (χ0n) is 19.9. The van der Waals surface area contributed by atoms with Gasteiger partial charge in [0.05, 0.1) is 23.0 Å². The number of benzene rings is 1. The Hall–Kier alpha value is -4.19. The summed E-state index contributed by atoms with van der Waals surface area (Å²) in [6.45, 7) is 9.34. The number of likely N-dealkylation sites (tertiary alicyclic amines) is 1. The summed E-state index contributed by atoms with van der Waals surface area (Å²) in [6, 6.07) is 5.44. The van der Waals surface area contributed by atoms with Gasteiger partial charge in [0, 0.05) is 18.2 Å². The molecule has 180 valence electrons. The third kappa shape index (κ3) is 4.23. The second-order valence-corrected chi connectivity index (χ2v) is 8.58. The third-order valence-electron chi connectivity index (χ3n) is 6.38. The average molecular weight is 475 g/mol. The van der Waals surface area contributed by atoms with Crippen LogP contribution in [-0.2, 0) is 4.79 Å². The summed E-state index contributed by atoms with van der Waals surface area (Å²) in [5, 5.41) is 3.25. The zero-order valence-corrected chi connectivity index (χ0v) is 19.9. The van der Waals surface area contributed by atoms with Crippen molar-refractivity contribution in [3.05, 3.63) is 65.9 Å². The van der Waals surface area contributed by atoms with Crippen molar-refractivity contribution in [2.24, 2.45) is 0 Å². The van der Waals surface area contributed by atoms with Crippen LogP contribution in [0, 0.1) is 17.7 Å². The van der Waals surface area contributed by atoms with Crippen molar-refractivity contribution in [2.75, 3.05) is 12.3 Å². The monoisotopic (exact) mass is 474 g/mol. The molecule has 0 saturated carbocycles. The molecule has 2 amide bonds. The second-order valence-electron chi connectivity index (χ2n) is 8.58. The van der Waals surface area contributed by atoms with Gasteiger partial charge < -0.3 is 20.5 Å². The lowest BCUT2D eigenvalue weighted by molar-refractivity contribution is -0.126. The number of hydrogen-bond acceptors (Lipinski definition) is 5. The molecule has 8 nitrogen and oxygen atoms in total. The summed E-state index contributed by atoms with van der Waals surface area (Å²) < 4.78 is 16.2. The SMILES string of the molecule is C=CC(=O)N1CC(n2c(C#CC)c(C(=O)NC(C)c3ccccc3F)c3c(N)ncnc32)C[C@@H]1C. The molecule has 1 saturated heterocycles. The van der Waals surface area contributed by atoms with Gasteiger partial charge in [0.2, 0.25) is 5.91 Å². The number of hydrogen-bond donors (Lipinski definition) is 2. The number of carbonyl (C=O) groups is 2. The molecule has 9 heteroatoms. The number of nitrogens with one attached hydrogen (secondary N) is 1. The van der Waals surface area contributed by atoms with E-state index >= 15 is 0 Å². The summed E-state index contributed by atoms with van der Waals surface area (Å²) in [5.41, 5.74) is 7.72. The molecule has 0 bridgehead atoms. The predicted octanol–water partition coefficient (Wildman–Crippen LogP) is 3.36. The number of rotatable bonds is 5. The smallest absolute Gasteiger partial charge is 0.255 e. The second kappa shape index (κ2) is 9.58. The Kier molecular flexibility index (Phi) is 6.56. The standard InChI is InChI=1S/C26H27FN6O2/c1-5-9-20-22(26(35)31-16(4)18-10-7-8-11-19(18)27)23-24(28)29-14-30-25(23)33(20)17-12-15(3)32(13-17)21(34)6-2/h6-8,10-11,14-17H,2,12-13H2,1,3-4H3,(H,31,35)(H2,28,29,30)/t15-,16?,17?/m0/s1. The van der Waals surface area contributed by atoms with Crippen LogP contribution in [0.15, 0.2) is 43.2 Å². The molecule has 3 aromatic rings. The lowest BCUT2D eigenvalue weighted by Crippen LogP contribution is -2.32. The quantitative estimate of drug-likeness (QED) is 0.436. The summed E-state index contributed by atoms with van der Waals surface area (Å²) in [5.74, 6) is 5.03. The highest BCUT2D eigenvalue weighted by molar-refractivity contribution is 6.12. The Bertz CT molecular complexity index is 1390. The Morgan fingerprint density at radius 2 is 2.09 bits per heavy atom. The molecule has 1 fully saturated rings. The predicted molar refractivity (Wildman–Crippen MR) is 132 cm³/mol. The number of nitrogen functional groups attached to an aromatic ring is 1. The Balaban J connectivity index is 1.84. The maximum Gasteiger partial charge on any atom is 0.255 e. The first-order valence-corrected chi connectivity index (χ1v) is 11.3. The topological polar surface area (TPSA) is 106 Å². The van der Waals surface area contributed by atoms with E-state index in [1.807, 2.05) is 11.5 Å². The summed E-state index contributed by atoms with van der Waals surface area (Å²) in [6.07, 6.45) is 3.27. The van der Waals surface area contributed by atoms with E-state index < -0.39 is 17.8 Å². The van der Waals surface area contributed by atoms with Crippen LogP contribution < -0.4 is 11.1 Å². The molecule has 3 atom stereocenters. The minimum absolute atomic E-state index is 0.0390. The summed E-state index contributed by atoms with van der Waals surface area (Å²) >= 11 is 0. The Labute approximate surface area is 203 Å². The van der Waals surface area contributed by atoms with Crippen molar-refractivity contribution in [2.45, 2.75) is 45.3 Å². The molecule has 2 aromatic heterocycles. The van der Waals surface area contributed by atoms with Gasteiger partial charge in [-0.25, -0.2) is 14.4 Å². The Morgan fingerprint density at radius 3 is 2.77 bits per heavy atom. The van der Waals surface area contributed by atoms with Crippen molar-refractivity contribution in [3.63, 3.8) is 0 Å². The maximum absolute atomic E-state index is 14.3. The van der Waals surface area contributed by atoms with E-state index in [4.69, 9.17) is 5.73 Å². The fraction of sp³-hybridized carbons (Fsp3) is 0.308. The van der Waals surface area contributed by atoms with Gasteiger partial charge >= 0.3 is 0 Å². The van der Waals surface area contributed by atoms with Crippen molar-refractivity contribution in [1.29, 1.82) is 0 Å². The molecular formula is C26H27FN6O2. The molecule has 1 aliphatic heterocycles. The lowest BCUT2D eigenvalue weighted by Gasteiger charge is -2.19. The van der Waals surface area contributed by atoms with Crippen molar-refractivity contribution < 1.29 is 14.0 Å². The summed E-state index contributed by atoms with van der Waals surface area (Å²) in [7, 11) is 0. The van der Waals surface area contributed by atoms with E-state index in [1.54, 1.807) is 36.9 Å². The molecule has 2 unspecified atom stereocenters. The van der Waals surface area contributed by atoms with Crippen LogP contribution in [0.1, 0.15) is 60.9 Å². The van der Waals surface area contributed by atoms with E-state index in [9.17, 15) is 14.0 Å². The van der Waals surface area contributed by atoms with Crippen LogP contribution in [0.3, 0.4) is 0 Å². The van der Waals surface area contributed by atoms with Gasteiger partial charge in [0.15, 0.2) is 0 Å². The van der Waals surface area contributed by atoms with E-state index in [2.05, 4.69) is 33.7 Å². The zero-order chi connectivity index (χ0) is 25.3. The molecule has 1 aliphatic rings. The number of carbonyl (C=O) groups excluding carboxylic acids is 2. The van der Waals surface area contributed by atoms with Gasteiger partial charge in [-0.3, -0.25) is 9.59 Å². The number of fused-ring (bicyclic) bond motifs is 1. The molecule has 0 aliphatic carbocycles. The maximum atomic E-state index is 14.3. The molecule has 4 rings (SSSR count). The average Bonchev–Trinajstić information content (AvgIpc) is 3.37. The van der Waals surface area contributed by atoms with E-state index in [0.717, 1.165) is 0 Å². The highest BCUT2D eigenvalue weighted by Crippen LogP contribution is 2.36. The largest absolute Gasteiger partial charge is 0.383 e. The molecule has 0 spiro atoms. The van der Waals surface area contributed by atoms with Gasteiger partial charge in [-0.2, -0.15) is 0 Å². The molecule has 1 aromatic carbocycles. The third-order valence-corrected chi connectivity index (χ3v) is 6.38. The normalized spacial score (nSPS) is 18.1. The Morgan fingerprint density at radius 1 is 1.34 bits per heavy atom. The highest BCUT2D eigenvalue weighted by atomic mass is 19.1. The molecule has 0 radical (unpaired) electrons. The van der Waals surface area contributed by atoms with Crippen molar-refractivity contribution >= 4 is 28.7 Å². The molecule has 35 heavy (non-hydrogen) atoms. The first-order valence-electron chi connectivity index (χ1n) is 11.3. The number of nitrogens with zero attached hydrogens (tertiary/aromatic N) is 4. The summed E-state index contributed by atoms with van der Waals surface area (Å²) in [4.78, 5) is 36.2. The van der Waals surface area contributed by atoms with Crippen LogP contribution in [0.2, 0.25) is 0 Å². The van der Waals surface area contributed by atoms with Gasteiger partial charge in [-0.05, 0) is 45.3 Å². The van der Waals surface area contributed by atoms with Crippen molar-refractivity contribution in [1.82, 2.24) is 24.8 Å². The van der Waals surface area contributed by atoms with E-state index in [-0.39, 0.29) is 29.4 Å². The number of amides is 2. The highest BCUT2D eigenvalue weighted by Gasteiger charge is 2.36.